The van der Waals surface area contributed by atoms with Crippen LogP contribution in [-0.4, -0.2) is 5.11 Å². The molecule has 0 aliphatic heterocycles. The molecule has 0 amide bonds. The fourth-order valence-electron chi connectivity index (χ4n) is 2.80. The van der Waals surface area contributed by atoms with Crippen LogP contribution >= 0.6 is 0 Å². The van der Waals surface area contributed by atoms with Crippen molar-refractivity contribution in [3.63, 3.8) is 0 Å². The second-order valence-electron chi connectivity index (χ2n) is 6.05. The maximum Gasteiger partial charge on any atom is 0.235 e. The van der Waals surface area contributed by atoms with Crippen molar-refractivity contribution in [2.45, 2.75) is 6.61 Å². The van der Waals surface area contributed by atoms with E-state index in [4.69, 9.17) is 9.15 Å². The minimum Gasteiger partial charge on any atom is -0.502 e. The number of hydrogen-bond acceptors (Lipinski definition) is 4. The van der Waals surface area contributed by atoms with E-state index < -0.39 is 17.0 Å². The fraction of sp³-hybridized carbons (Fsp3) is 0.0455. The lowest BCUT2D eigenvalue weighted by molar-refractivity contribution is 0.306. The Morgan fingerprint density at radius 3 is 2.44 bits per heavy atom. The summed E-state index contributed by atoms with van der Waals surface area (Å²) in [6, 6.07) is 20.2. The summed E-state index contributed by atoms with van der Waals surface area (Å²) in [5.41, 5.74) is 1.10. The van der Waals surface area contributed by atoms with Crippen LogP contribution in [0, 0.1) is 5.82 Å². The minimum absolute atomic E-state index is 0.000866. The summed E-state index contributed by atoms with van der Waals surface area (Å²) in [6.07, 6.45) is 0. The minimum atomic E-state index is -0.671. The molecule has 4 nitrogen and oxygen atoms in total. The molecule has 0 saturated carbocycles. The Hall–Kier alpha value is -3.60. The first-order valence-electron chi connectivity index (χ1n) is 8.34. The molecule has 3 aromatic carbocycles. The maximum atomic E-state index is 13.3. The molecule has 0 saturated heterocycles. The Labute approximate surface area is 154 Å². The van der Waals surface area contributed by atoms with Crippen molar-refractivity contribution in [3.8, 4) is 22.8 Å². The molecular formula is C22H15FO4. The van der Waals surface area contributed by atoms with Gasteiger partial charge >= 0.3 is 0 Å². The Kier molecular flexibility index (Phi) is 4.34. The molecule has 27 heavy (non-hydrogen) atoms. The number of hydrogen-bond donors (Lipinski definition) is 1. The first-order valence-corrected chi connectivity index (χ1v) is 8.34. The number of aromatic hydroxyl groups is 1. The Morgan fingerprint density at radius 1 is 0.963 bits per heavy atom. The third kappa shape index (κ3) is 3.40. The lowest BCUT2D eigenvalue weighted by atomic mass is 10.1. The molecule has 0 fully saturated rings. The molecule has 1 N–H and O–H groups in total. The van der Waals surface area contributed by atoms with Gasteiger partial charge in [0.15, 0.2) is 5.76 Å². The summed E-state index contributed by atoms with van der Waals surface area (Å²) in [5.74, 6) is -0.436. The smallest absolute Gasteiger partial charge is 0.235 e. The van der Waals surface area contributed by atoms with E-state index in [1.54, 1.807) is 24.3 Å². The second-order valence-corrected chi connectivity index (χ2v) is 6.05. The third-order valence-electron chi connectivity index (χ3n) is 4.19. The van der Waals surface area contributed by atoms with E-state index in [1.165, 1.54) is 12.1 Å². The quantitative estimate of drug-likeness (QED) is 0.562. The Balaban J connectivity index is 1.63. The van der Waals surface area contributed by atoms with Gasteiger partial charge in [-0.2, -0.15) is 0 Å². The standard InChI is InChI=1S/C22H15FO4/c23-16-8-11-19-18(12-16)20(24)21(25)22(27-19)15-6-9-17(10-7-15)26-13-14-4-2-1-3-5-14/h1-12,25H,13H2. The monoisotopic (exact) mass is 362 g/mol. The SMILES string of the molecule is O=c1c(O)c(-c2ccc(OCc3ccccc3)cc2)oc2ccc(F)cc12. The van der Waals surface area contributed by atoms with Gasteiger partial charge in [-0.3, -0.25) is 4.79 Å². The van der Waals surface area contributed by atoms with E-state index in [2.05, 4.69) is 0 Å². The molecule has 0 atom stereocenters. The average Bonchev–Trinajstić information content (AvgIpc) is 2.71. The Bertz CT molecular complexity index is 1150. The van der Waals surface area contributed by atoms with Crippen molar-refractivity contribution >= 4 is 11.0 Å². The molecule has 4 aromatic rings. The van der Waals surface area contributed by atoms with Crippen molar-refractivity contribution < 1.29 is 18.7 Å². The van der Waals surface area contributed by atoms with Crippen LogP contribution in [0.4, 0.5) is 4.39 Å². The molecule has 0 unspecified atom stereocenters. The van der Waals surface area contributed by atoms with Gasteiger partial charge in [0.25, 0.3) is 0 Å². The number of ether oxygens (including phenoxy) is 1. The molecule has 0 aliphatic rings. The topological polar surface area (TPSA) is 59.7 Å². The summed E-state index contributed by atoms with van der Waals surface area (Å²) in [4.78, 5) is 12.3. The summed E-state index contributed by atoms with van der Waals surface area (Å²) >= 11 is 0. The van der Waals surface area contributed by atoms with Gasteiger partial charge in [0.2, 0.25) is 11.2 Å². The molecule has 134 valence electrons. The first-order chi connectivity index (χ1) is 13.1. The third-order valence-corrected chi connectivity index (χ3v) is 4.19. The average molecular weight is 362 g/mol. The number of fused-ring (bicyclic) bond motifs is 1. The van der Waals surface area contributed by atoms with Crippen molar-refractivity contribution in [2.24, 2.45) is 0 Å². The number of halogens is 1. The largest absolute Gasteiger partial charge is 0.502 e. The van der Waals surface area contributed by atoms with E-state index in [0.29, 0.717) is 17.9 Å². The van der Waals surface area contributed by atoms with Crippen molar-refractivity contribution in [1.29, 1.82) is 0 Å². The highest BCUT2D eigenvalue weighted by atomic mass is 19.1. The summed E-state index contributed by atoms with van der Waals surface area (Å²) in [5, 5.41) is 10.2. The molecule has 5 heteroatoms. The number of rotatable bonds is 4. The van der Waals surface area contributed by atoms with Crippen LogP contribution in [0.1, 0.15) is 5.56 Å². The highest BCUT2D eigenvalue weighted by molar-refractivity contribution is 5.81. The van der Waals surface area contributed by atoms with E-state index in [9.17, 15) is 14.3 Å². The van der Waals surface area contributed by atoms with Crippen LogP contribution in [0.5, 0.6) is 11.5 Å². The molecule has 1 aromatic heterocycles. The van der Waals surface area contributed by atoms with Gasteiger partial charge in [0.1, 0.15) is 23.8 Å². The van der Waals surface area contributed by atoms with Crippen LogP contribution in [0.2, 0.25) is 0 Å². The van der Waals surface area contributed by atoms with Gasteiger partial charge in [0, 0.05) is 5.56 Å². The van der Waals surface area contributed by atoms with E-state index in [-0.39, 0.29) is 16.7 Å². The molecule has 1 heterocycles. The zero-order chi connectivity index (χ0) is 18.8. The lowest BCUT2D eigenvalue weighted by Gasteiger charge is -2.09. The predicted octanol–water partition coefficient (Wildman–Crippen LogP) is 4.88. The van der Waals surface area contributed by atoms with Crippen LogP contribution in [0.3, 0.4) is 0 Å². The van der Waals surface area contributed by atoms with Crippen molar-refractivity contribution in [1.82, 2.24) is 0 Å². The van der Waals surface area contributed by atoms with E-state index in [1.807, 2.05) is 30.3 Å². The van der Waals surface area contributed by atoms with Gasteiger partial charge in [0.05, 0.1) is 5.39 Å². The maximum absolute atomic E-state index is 13.3. The van der Waals surface area contributed by atoms with E-state index >= 15 is 0 Å². The summed E-state index contributed by atoms with van der Waals surface area (Å²) in [6.45, 7) is 0.433. The molecule has 0 bridgehead atoms. The first kappa shape index (κ1) is 16.8. The Morgan fingerprint density at radius 2 is 1.70 bits per heavy atom. The zero-order valence-corrected chi connectivity index (χ0v) is 14.2. The molecule has 0 aliphatic carbocycles. The summed E-state index contributed by atoms with van der Waals surface area (Å²) < 4.78 is 24.7. The van der Waals surface area contributed by atoms with Crippen molar-refractivity contribution in [2.75, 3.05) is 0 Å². The van der Waals surface area contributed by atoms with Crippen LogP contribution in [-0.2, 0) is 6.61 Å². The molecule has 4 rings (SSSR count). The second kappa shape index (κ2) is 6.96. The van der Waals surface area contributed by atoms with Gasteiger partial charge < -0.3 is 14.3 Å². The molecule has 0 spiro atoms. The molecule has 0 radical (unpaired) electrons. The van der Waals surface area contributed by atoms with Gasteiger partial charge in [-0.25, -0.2) is 4.39 Å². The van der Waals surface area contributed by atoms with Crippen LogP contribution in [0.25, 0.3) is 22.3 Å². The highest BCUT2D eigenvalue weighted by Crippen LogP contribution is 2.31. The predicted molar refractivity (Wildman–Crippen MR) is 100 cm³/mol. The number of benzene rings is 3. The van der Waals surface area contributed by atoms with Gasteiger partial charge in [-0.1, -0.05) is 30.3 Å². The fourth-order valence-corrected chi connectivity index (χ4v) is 2.80. The van der Waals surface area contributed by atoms with Gasteiger partial charge in [-0.05, 0) is 48.0 Å². The molecular weight excluding hydrogens is 347 g/mol. The van der Waals surface area contributed by atoms with E-state index in [0.717, 1.165) is 11.6 Å². The normalized spacial score (nSPS) is 10.9. The summed E-state index contributed by atoms with van der Waals surface area (Å²) in [7, 11) is 0. The zero-order valence-electron chi connectivity index (χ0n) is 14.2. The lowest BCUT2D eigenvalue weighted by Crippen LogP contribution is -2.03. The van der Waals surface area contributed by atoms with Gasteiger partial charge in [-0.15, -0.1) is 0 Å². The highest BCUT2D eigenvalue weighted by Gasteiger charge is 2.15. The van der Waals surface area contributed by atoms with Crippen LogP contribution < -0.4 is 10.2 Å². The van der Waals surface area contributed by atoms with Crippen molar-refractivity contribution in [3.05, 3.63) is 94.4 Å². The van der Waals surface area contributed by atoms with Crippen LogP contribution in [0.15, 0.2) is 82.0 Å².